The van der Waals surface area contributed by atoms with Crippen LogP contribution in [-0.4, -0.2) is 17.9 Å². The van der Waals surface area contributed by atoms with Crippen molar-refractivity contribution in [1.29, 1.82) is 0 Å². The average Bonchev–Trinajstić information content (AvgIpc) is 2.60. The number of halogens is 6. The van der Waals surface area contributed by atoms with E-state index >= 15 is 0 Å². The second kappa shape index (κ2) is 8.54. The molecule has 3 N–H and O–H groups in total. The molecule has 0 fully saturated rings. The lowest BCUT2D eigenvalue weighted by atomic mass is 10.0. The Labute approximate surface area is 161 Å². The first-order valence-corrected chi connectivity index (χ1v) is 8.27. The molecule has 2 rings (SSSR count). The Bertz CT molecular complexity index is 846. The van der Waals surface area contributed by atoms with Crippen LogP contribution in [-0.2, 0) is 34.8 Å². The Morgan fingerprint density at radius 1 is 0.862 bits per heavy atom. The molecule has 0 aliphatic rings. The molecule has 0 bridgehead atoms. The number of hydrogen-bond acceptors (Lipinski definition) is 2. The minimum Gasteiger partial charge on any atom is -0.368 e. The number of nitrogens with two attached hydrogens (primary N) is 1. The summed E-state index contributed by atoms with van der Waals surface area (Å²) in [6, 6.07) is 8.19. The quantitative estimate of drug-likeness (QED) is 0.706. The molecule has 0 spiro atoms. The van der Waals surface area contributed by atoms with Gasteiger partial charge in [0.25, 0.3) is 0 Å². The van der Waals surface area contributed by atoms with Crippen molar-refractivity contribution in [3.05, 3.63) is 70.8 Å². The maximum absolute atomic E-state index is 12.9. The van der Waals surface area contributed by atoms with Gasteiger partial charge in [-0.15, -0.1) is 0 Å². The summed E-state index contributed by atoms with van der Waals surface area (Å²) >= 11 is 0. The van der Waals surface area contributed by atoms with Crippen LogP contribution in [0.4, 0.5) is 26.3 Å². The topological polar surface area (TPSA) is 72.2 Å². The van der Waals surface area contributed by atoms with Gasteiger partial charge in [-0.05, 0) is 29.3 Å². The van der Waals surface area contributed by atoms with Gasteiger partial charge >= 0.3 is 12.4 Å². The summed E-state index contributed by atoms with van der Waals surface area (Å²) in [5.74, 6) is -1.82. The monoisotopic (exact) mass is 418 g/mol. The van der Waals surface area contributed by atoms with E-state index in [2.05, 4.69) is 5.32 Å². The van der Waals surface area contributed by atoms with Gasteiger partial charge in [-0.25, -0.2) is 0 Å². The van der Waals surface area contributed by atoms with Crippen molar-refractivity contribution in [2.45, 2.75) is 31.2 Å². The Morgan fingerprint density at radius 2 is 1.38 bits per heavy atom. The molecular formula is C19H16F6N2O2. The van der Waals surface area contributed by atoms with Gasteiger partial charge in [0.15, 0.2) is 0 Å². The average molecular weight is 418 g/mol. The van der Waals surface area contributed by atoms with E-state index in [9.17, 15) is 35.9 Å². The fraction of sp³-hybridized carbons (Fsp3) is 0.263. The first-order chi connectivity index (χ1) is 13.4. The van der Waals surface area contributed by atoms with Gasteiger partial charge in [-0.1, -0.05) is 30.3 Å². The molecule has 156 valence electrons. The molecular weight excluding hydrogens is 402 g/mol. The van der Waals surface area contributed by atoms with Crippen molar-refractivity contribution in [3.63, 3.8) is 0 Å². The molecule has 2 aromatic carbocycles. The molecule has 4 nitrogen and oxygen atoms in total. The minimum atomic E-state index is -5.02. The number of hydrogen-bond donors (Lipinski definition) is 2. The minimum absolute atomic E-state index is 0.0248. The standard InChI is InChI=1S/C19H16F6N2O2/c20-18(21,22)13-6-12(7-14(10-13)19(23,24)25)9-16(28)27-15(17(26)29)8-11-4-2-1-3-5-11/h1-7,10,15H,8-9H2,(H2,26,29)(H,27,28)/t15-/m1/s1. The molecule has 0 saturated heterocycles. The molecule has 0 unspecified atom stereocenters. The summed E-state index contributed by atoms with van der Waals surface area (Å²) in [5.41, 5.74) is 2.36. The fourth-order valence-corrected chi connectivity index (χ4v) is 2.62. The second-order valence-corrected chi connectivity index (χ2v) is 6.30. The lowest BCUT2D eigenvalue weighted by molar-refractivity contribution is -0.143. The van der Waals surface area contributed by atoms with Crippen LogP contribution >= 0.6 is 0 Å². The Hall–Kier alpha value is -3.04. The van der Waals surface area contributed by atoms with Crippen LogP contribution in [0.2, 0.25) is 0 Å². The fourth-order valence-electron chi connectivity index (χ4n) is 2.62. The second-order valence-electron chi connectivity index (χ2n) is 6.30. The predicted molar refractivity (Wildman–Crippen MR) is 91.4 cm³/mol. The first kappa shape index (κ1) is 22.3. The summed E-state index contributed by atoms with van der Waals surface area (Å²) in [6.07, 6.45) is -10.8. The van der Waals surface area contributed by atoms with Crippen molar-refractivity contribution < 1.29 is 35.9 Å². The molecule has 10 heteroatoms. The van der Waals surface area contributed by atoms with Crippen LogP contribution in [0.1, 0.15) is 22.3 Å². The van der Waals surface area contributed by atoms with Crippen LogP contribution in [0.3, 0.4) is 0 Å². The molecule has 0 saturated carbocycles. The number of carbonyl (C=O) groups is 2. The summed E-state index contributed by atoms with van der Waals surface area (Å²) < 4.78 is 77.4. The zero-order valence-electron chi connectivity index (χ0n) is 14.8. The highest BCUT2D eigenvalue weighted by atomic mass is 19.4. The van der Waals surface area contributed by atoms with Crippen LogP contribution in [0.5, 0.6) is 0 Å². The van der Waals surface area contributed by atoms with Gasteiger partial charge in [0.1, 0.15) is 6.04 Å². The van der Waals surface area contributed by atoms with Crippen molar-refractivity contribution in [3.8, 4) is 0 Å². The largest absolute Gasteiger partial charge is 0.416 e. The van der Waals surface area contributed by atoms with E-state index in [-0.39, 0.29) is 12.5 Å². The molecule has 2 aromatic rings. The lowest BCUT2D eigenvalue weighted by Crippen LogP contribution is -2.46. The van der Waals surface area contributed by atoms with Crippen molar-refractivity contribution >= 4 is 11.8 Å². The van der Waals surface area contributed by atoms with E-state index in [4.69, 9.17) is 5.73 Å². The van der Waals surface area contributed by atoms with Gasteiger partial charge in [0.05, 0.1) is 17.5 Å². The predicted octanol–water partition coefficient (Wildman–Crippen LogP) is 3.48. The third-order valence-corrected chi connectivity index (χ3v) is 3.97. The highest BCUT2D eigenvalue weighted by molar-refractivity contribution is 5.87. The number of amides is 2. The van der Waals surface area contributed by atoms with E-state index in [0.29, 0.717) is 17.7 Å². The van der Waals surface area contributed by atoms with Gasteiger partial charge in [-0.2, -0.15) is 26.3 Å². The molecule has 2 amide bonds. The zero-order chi connectivity index (χ0) is 21.8. The summed E-state index contributed by atoms with van der Waals surface area (Å²) in [6.45, 7) is 0. The van der Waals surface area contributed by atoms with E-state index in [0.717, 1.165) is 0 Å². The third kappa shape index (κ3) is 6.51. The number of nitrogens with one attached hydrogen (secondary N) is 1. The van der Waals surface area contributed by atoms with Crippen molar-refractivity contribution in [1.82, 2.24) is 5.32 Å². The molecule has 29 heavy (non-hydrogen) atoms. The van der Waals surface area contributed by atoms with E-state index in [1.807, 2.05) is 0 Å². The highest BCUT2D eigenvalue weighted by Gasteiger charge is 2.37. The molecule has 0 heterocycles. The first-order valence-electron chi connectivity index (χ1n) is 8.27. The lowest BCUT2D eigenvalue weighted by Gasteiger charge is -2.17. The number of benzene rings is 2. The third-order valence-electron chi connectivity index (χ3n) is 3.97. The normalized spacial score (nSPS) is 13.0. The number of primary amides is 1. The van der Waals surface area contributed by atoms with E-state index in [1.54, 1.807) is 30.3 Å². The van der Waals surface area contributed by atoms with Gasteiger partial charge in [-0.3, -0.25) is 9.59 Å². The van der Waals surface area contributed by atoms with Crippen LogP contribution in [0.25, 0.3) is 0 Å². The van der Waals surface area contributed by atoms with Gasteiger partial charge in [0.2, 0.25) is 11.8 Å². The van der Waals surface area contributed by atoms with E-state index in [1.165, 1.54) is 0 Å². The van der Waals surface area contributed by atoms with Gasteiger partial charge < -0.3 is 11.1 Å². The summed E-state index contributed by atoms with van der Waals surface area (Å²) in [5, 5.41) is 2.25. The summed E-state index contributed by atoms with van der Waals surface area (Å²) in [7, 11) is 0. The van der Waals surface area contributed by atoms with Crippen molar-refractivity contribution in [2.75, 3.05) is 0 Å². The van der Waals surface area contributed by atoms with Crippen LogP contribution in [0, 0.1) is 0 Å². The van der Waals surface area contributed by atoms with Crippen LogP contribution in [0.15, 0.2) is 48.5 Å². The molecule has 0 aliphatic heterocycles. The summed E-state index contributed by atoms with van der Waals surface area (Å²) in [4.78, 5) is 23.7. The SMILES string of the molecule is NC(=O)[C@@H](Cc1ccccc1)NC(=O)Cc1cc(C(F)(F)F)cc(C(F)(F)F)c1. The van der Waals surface area contributed by atoms with E-state index < -0.39 is 53.3 Å². The van der Waals surface area contributed by atoms with Crippen LogP contribution < -0.4 is 11.1 Å². The Morgan fingerprint density at radius 3 is 1.83 bits per heavy atom. The molecule has 0 aromatic heterocycles. The van der Waals surface area contributed by atoms with Crippen molar-refractivity contribution in [2.24, 2.45) is 5.73 Å². The smallest absolute Gasteiger partial charge is 0.368 e. The van der Waals surface area contributed by atoms with Gasteiger partial charge in [0, 0.05) is 6.42 Å². The number of rotatable bonds is 6. The Kier molecular flexibility index (Phi) is 6.55. The zero-order valence-corrected chi connectivity index (χ0v) is 14.8. The maximum Gasteiger partial charge on any atom is 0.416 e. The maximum atomic E-state index is 12.9. The highest BCUT2D eigenvalue weighted by Crippen LogP contribution is 2.36. The molecule has 0 aliphatic carbocycles. The Balaban J connectivity index is 2.21. The number of carbonyl (C=O) groups excluding carboxylic acids is 2. The molecule has 1 atom stereocenters. The number of alkyl halides is 6. The molecule has 0 radical (unpaired) electrons.